The van der Waals surface area contributed by atoms with E-state index in [0.29, 0.717) is 12.3 Å². The lowest BCUT2D eigenvalue weighted by Gasteiger charge is -2.26. The highest BCUT2D eigenvalue weighted by Crippen LogP contribution is 2.27. The van der Waals surface area contributed by atoms with Crippen LogP contribution in [-0.4, -0.2) is 23.6 Å². The molecule has 0 bridgehead atoms. The molecule has 0 saturated heterocycles. The number of hydrogen-bond donors (Lipinski definition) is 2. The summed E-state index contributed by atoms with van der Waals surface area (Å²) in [6, 6.07) is -0.627. The van der Waals surface area contributed by atoms with Gasteiger partial charge >= 0.3 is 6.09 Å². The number of hydrogen-bond acceptors (Lipinski definition) is 3. The van der Waals surface area contributed by atoms with Crippen LogP contribution in [0.4, 0.5) is 4.79 Å². The molecule has 1 saturated carbocycles. The van der Waals surface area contributed by atoms with Crippen molar-refractivity contribution in [3.8, 4) is 0 Å². The first-order valence-corrected chi connectivity index (χ1v) is 7.07. The summed E-state index contributed by atoms with van der Waals surface area (Å²) in [5.41, 5.74) is 4.78. The van der Waals surface area contributed by atoms with E-state index in [9.17, 15) is 9.59 Å². The van der Waals surface area contributed by atoms with E-state index in [2.05, 4.69) is 5.32 Å². The fourth-order valence-electron chi connectivity index (χ4n) is 2.45. The van der Waals surface area contributed by atoms with Gasteiger partial charge in [-0.2, -0.15) is 0 Å². The minimum absolute atomic E-state index is 0.473. The Balaban J connectivity index is 2.48. The van der Waals surface area contributed by atoms with Crippen molar-refractivity contribution in [3.05, 3.63) is 0 Å². The van der Waals surface area contributed by atoms with Crippen molar-refractivity contribution in [1.29, 1.82) is 0 Å². The van der Waals surface area contributed by atoms with Crippen LogP contribution in [0.5, 0.6) is 0 Å². The Morgan fingerprint density at radius 1 is 1.26 bits per heavy atom. The quantitative estimate of drug-likeness (QED) is 0.822. The molecule has 1 fully saturated rings. The highest BCUT2D eigenvalue weighted by atomic mass is 16.6. The maximum absolute atomic E-state index is 11.7. The molecule has 1 unspecified atom stereocenters. The van der Waals surface area contributed by atoms with Crippen molar-refractivity contribution in [2.75, 3.05) is 0 Å². The van der Waals surface area contributed by atoms with Crippen molar-refractivity contribution < 1.29 is 14.3 Å². The molecule has 5 heteroatoms. The van der Waals surface area contributed by atoms with Gasteiger partial charge in [-0.3, -0.25) is 4.79 Å². The van der Waals surface area contributed by atoms with Gasteiger partial charge in [-0.05, 0) is 33.1 Å². The molecule has 19 heavy (non-hydrogen) atoms. The van der Waals surface area contributed by atoms with Gasteiger partial charge in [0.05, 0.1) is 0 Å². The van der Waals surface area contributed by atoms with Crippen LogP contribution >= 0.6 is 0 Å². The molecular formula is C14H26N2O3. The molecule has 1 aliphatic carbocycles. The second kappa shape index (κ2) is 6.78. The summed E-state index contributed by atoms with van der Waals surface area (Å²) in [6.07, 6.45) is 5.92. The fraction of sp³-hybridized carbons (Fsp3) is 0.857. The van der Waals surface area contributed by atoms with Crippen molar-refractivity contribution in [3.63, 3.8) is 0 Å². The van der Waals surface area contributed by atoms with Crippen LogP contribution in [0.2, 0.25) is 0 Å². The Bertz CT molecular complexity index is 317. The van der Waals surface area contributed by atoms with Crippen molar-refractivity contribution in [1.82, 2.24) is 5.32 Å². The van der Waals surface area contributed by atoms with Crippen LogP contribution in [-0.2, 0) is 9.53 Å². The van der Waals surface area contributed by atoms with E-state index in [1.165, 1.54) is 19.3 Å². The molecule has 0 aromatic rings. The summed E-state index contributed by atoms with van der Waals surface area (Å²) in [7, 11) is 0. The number of ether oxygens (including phenoxy) is 1. The molecule has 0 heterocycles. The maximum atomic E-state index is 11.7. The molecule has 3 N–H and O–H groups in total. The van der Waals surface area contributed by atoms with Gasteiger partial charge in [0.2, 0.25) is 5.91 Å². The van der Waals surface area contributed by atoms with E-state index in [4.69, 9.17) is 10.5 Å². The molecule has 0 aromatic carbocycles. The number of primary amides is 1. The zero-order valence-electron chi connectivity index (χ0n) is 12.2. The molecule has 1 aliphatic rings. The molecule has 0 aromatic heterocycles. The van der Waals surface area contributed by atoms with E-state index in [-0.39, 0.29) is 0 Å². The van der Waals surface area contributed by atoms with Crippen LogP contribution in [0.1, 0.15) is 59.3 Å². The van der Waals surface area contributed by atoms with Crippen molar-refractivity contribution in [2.45, 2.75) is 70.9 Å². The molecule has 1 atom stereocenters. The summed E-state index contributed by atoms with van der Waals surface area (Å²) in [5, 5.41) is 2.58. The van der Waals surface area contributed by atoms with Crippen LogP contribution in [0.25, 0.3) is 0 Å². The standard InChI is InChI=1S/C14H26N2O3/c1-14(2,3)19-13(18)16-11(12(15)17)9-10-7-5-4-6-8-10/h10-11H,4-9H2,1-3H3,(H2,15,17)(H,16,18). The summed E-state index contributed by atoms with van der Waals surface area (Å²) in [4.78, 5) is 23.1. The van der Waals surface area contributed by atoms with Gasteiger partial charge in [-0.1, -0.05) is 32.1 Å². The number of nitrogens with one attached hydrogen (secondary N) is 1. The van der Waals surface area contributed by atoms with Gasteiger partial charge in [-0.15, -0.1) is 0 Å². The van der Waals surface area contributed by atoms with Gasteiger partial charge in [0.25, 0.3) is 0 Å². The zero-order chi connectivity index (χ0) is 14.5. The van der Waals surface area contributed by atoms with E-state index in [1.807, 2.05) is 0 Å². The van der Waals surface area contributed by atoms with Gasteiger partial charge in [0, 0.05) is 0 Å². The molecular weight excluding hydrogens is 244 g/mol. The van der Waals surface area contributed by atoms with E-state index in [0.717, 1.165) is 12.8 Å². The highest BCUT2D eigenvalue weighted by molar-refractivity contribution is 5.84. The number of carbonyl (C=O) groups excluding carboxylic acids is 2. The lowest BCUT2D eigenvalue weighted by molar-refractivity contribution is -0.120. The fourth-order valence-corrected chi connectivity index (χ4v) is 2.45. The lowest BCUT2D eigenvalue weighted by Crippen LogP contribution is -2.47. The van der Waals surface area contributed by atoms with Gasteiger partial charge in [0.1, 0.15) is 11.6 Å². The normalized spacial score (nSPS) is 18.7. The summed E-state index contributed by atoms with van der Waals surface area (Å²) < 4.78 is 5.15. The first kappa shape index (κ1) is 15.8. The number of alkyl carbamates (subject to hydrolysis) is 1. The molecule has 110 valence electrons. The van der Waals surface area contributed by atoms with E-state index in [1.54, 1.807) is 20.8 Å². The van der Waals surface area contributed by atoms with Gasteiger partial charge < -0.3 is 15.8 Å². The molecule has 0 spiro atoms. The predicted molar refractivity (Wildman–Crippen MR) is 73.5 cm³/mol. The Morgan fingerprint density at radius 2 is 1.84 bits per heavy atom. The second-order valence-electron chi connectivity index (χ2n) is 6.34. The van der Waals surface area contributed by atoms with Crippen LogP contribution < -0.4 is 11.1 Å². The van der Waals surface area contributed by atoms with Gasteiger partial charge in [0.15, 0.2) is 0 Å². The predicted octanol–water partition coefficient (Wildman–Crippen LogP) is 2.34. The van der Waals surface area contributed by atoms with Crippen LogP contribution in [0.3, 0.4) is 0 Å². The minimum atomic E-state index is -0.627. The Labute approximate surface area is 115 Å². The minimum Gasteiger partial charge on any atom is -0.444 e. The largest absolute Gasteiger partial charge is 0.444 e. The molecule has 0 radical (unpaired) electrons. The average molecular weight is 270 g/mol. The van der Waals surface area contributed by atoms with E-state index >= 15 is 0 Å². The molecule has 1 rings (SSSR count). The average Bonchev–Trinajstić information content (AvgIpc) is 2.26. The molecule has 2 amide bonds. The monoisotopic (exact) mass is 270 g/mol. The number of nitrogens with two attached hydrogens (primary N) is 1. The second-order valence-corrected chi connectivity index (χ2v) is 6.34. The van der Waals surface area contributed by atoms with E-state index < -0.39 is 23.6 Å². The SMILES string of the molecule is CC(C)(C)OC(=O)NC(CC1CCCCC1)C(N)=O. The Kier molecular flexibility index (Phi) is 5.63. The number of rotatable bonds is 4. The van der Waals surface area contributed by atoms with Crippen LogP contribution in [0.15, 0.2) is 0 Å². The number of carbonyl (C=O) groups is 2. The van der Waals surface area contributed by atoms with Crippen LogP contribution in [0, 0.1) is 5.92 Å². The Morgan fingerprint density at radius 3 is 2.32 bits per heavy atom. The van der Waals surface area contributed by atoms with Gasteiger partial charge in [-0.25, -0.2) is 4.79 Å². The topological polar surface area (TPSA) is 81.4 Å². The molecule has 5 nitrogen and oxygen atoms in total. The highest BCUT2D eigenvalue weighted by Gasteiger charge is 2.26. The maximum Gasteiger partial charge on any atom is 0.408 e. The summed E-state index contributed by atoms with van der Waals surface area (Å²) >= 11 is 0. The third-order valence-corrected chi connectivity index (χ3v) is 3.33. The first-order valence-electron chi connectivity index (χ1n) is 7.07. The van der Waals surface area contributed by atoms with Crippen molar-refractivity contribution >= 4 is 12.0 Å². The zero-order valence-corrected chi connectivity index (χ0v) is 12.2. The molecule has 0 aliphatic heterocycles. The number of amides is 2. The Hall–Kier alpha value is -1.26. The summed E-state index contributed by atoms with van der Waals surface area (Å²) in [6.45, 7) is 5.35. The third-order valence-electron chi connectivity index (χ3n) is 3.33. The lowest BCUT2D eigenvalue weighted by atomic mass is 9.84. The summed E-state index contributed by atoms with van der Waals surface area (Å²) in [5.74, 6) is -0.0161. The smallest absolute Gasteiger partial charge is 0.408 e. The first-order chi connectivity index (χ1) is 8.78. The third kappa shape index (κ3) is 6.45. The van der Waals surface area contributed by atoms with Crippen molar-refractivity contribution in [2.24, 2.45) is 11.7 Å².